The number of rotatable bonds is 2. The predicted octanol–water partition coefficient (Wildman–Crippen LogP) is 1.54. The molecule has 0 aliphatic heterocycles. The average molecular weight is 168 g/mol. The molecule has 0 aromatic heterocycles. The fourth-order valence-electron chi connectivity index (χ4n) is 1.87. The SMILES string of the molecule is C=C(C=O)[C@@H]1CC[C@@H](C)C[C@H]1O. The highest BCUT2D eigenvalue weighted by Crippen LogP contribution is 2.31. The minimum absolute atomic E-state index is 0.0127. The highest BCUT2D eigenvalue weighted by atomic mass is 16.3. The van der Waals surface area contributed by atoms with Gasteiger partial charge in [-0.3, -0.25) is 4.79 Å². The van der Waals surface area contributed by atoms with Gasteiger partial charge in [0.05, 0.1) is 6.10 Å². The summed E-state index contributed by atoms with van der Waals surface area (Å²) in [5.74, 6) is 0.592. The summed E-state index contributed by atoms with van der Waals surface area (Å²) >= 11 is 0. The summed E-state index contributed by atoms with van der Waals surface area (Å²) in [5, 5.41) is 9.62. The summed E-state index contributed by atoms with van der Waals surface area (Å²) in [6.07, 6.45) is 3.21. The van der Waals surface area contributed by atoms with Gasteiger partial charge < -0.3 is 5.11 Å². The lowest BCUT2D eigenvalue weighted by Gasteiger charge is -2.31. The molecule has 1 N–H and O–H groups in total. The van der Waals surface area contributed by atoms with E-state index in [1.165, 1.54) is 0 Å². The lowest BCUT2D eigenvalue weighted by molar-refractivity contribution is -0.106. The van der Waals surface area contributed by atoms with Gasteiger partial charge in [0.2, 0.25) is 0 Å². The summed E-state index contributed by atoms with van der Waals surface area (Å²) in [7, 11) is 0. The van der Waals surface area contributed by atoms with Crippen molar-refractivity contribution < 1.29 is 9.90 Å². The third-order valence-electron chi connectivity index (χ3n) is 2.71. The first-order valence-electron chi connectivity index (χ1n) is 4.47. The van der Waals surface area contributed by atoms with Gasteiger partial charge in [-0.15, -0.1) is 0 Å². The molecule has 68 valence electrons. The summed E-state index contributed by atoms with van der Waals surface area (Å²) in [5.41, 5.74) is 0.550. The Bertz CT molecular complexity index is 186. The van der Waals surface area contributed by atoms with Crippen LogP contribution < -0.4 is 0 Å². The second-order valence-electron chi connectivity index (χ2n) is 3.78. The van der Waals surface area contributed by atoms with Crippen LogP contribution in [0.1, 0.15) is 26.2 Å². The summed E-state index contributed by atoms with van der Waals surface area (Å²) in [6, 6.07) is 0. The van der Waals surface area contributed by atoms with Crippen LogP contribution in [0, 0.1) is 11.8 Å². The average Bonchev–Trinajstić information content (AvgIpc) is 2.03. The van der Waals surface area contributed by atoms with Crippen LogP contribution in [0.25, 0.3) is 0 Å². The number of aldehydes is 1. The Balaban J connectivity index is 2.55. The fourth-order valence-corrected chi connectivity index (χ4v) is 1.87. The standard InChI is InChI=1S/C10H16O2/c1-7-3-4-9(8(2)6-11)10(12)5-7/h6-7,9-10,12H,2-5H2,1H3/t7-,9+,10-/m1/s1. The van der Waals surface area contributed by atoms with E-state index in [0.29, 0.717) is 11.5 Å². The molecule has 2 heteroatoms. The zero-order valence-electron chi connectivity index (χ0n) is 7.49. The number of carbonyl (C=O) groups is 1. The van der Waals surface area contributed by atoms with E-state index in [4.69, 9.17) is 0 Å². The van der Waals surface area contributed by atoms with Crippen LogP contribution in [0.15, 0.2) is 12.2 Å². The molecule has 0 bridgehead atoms. The molecular weight excluding hydrogens is 152 g/mol. The quantitative estimate of drug-likeness (QED) is 0.501. The van der Waals surface area contributed by atoms with Crippen LogP contribution in [0.3, 0.4) is 0 Å². The lowest BCUT2D eigenvalue weighted by Crippen LogP contribution is -2.29. The predicted molar refractivity (Wildman–Crippen MR) is 47.7 cm³/mol. The smallest absolute Gasteiger partial charge is 0.145 e. The van der Waals surface area contributed by atoms with Crippen molar-refractivity contribution in [3.63, 3.8) is 0 Å². The Hall–Kier alpha value is -0.630. The van der Waals surface area contributed by atoms with E-state index in [2.05, 4.69) is 13.5 Å². The minimum Gasteiger partial charge on any atom is -0.392 e. The molecule has 1 saturated carbocycles. The Morgan fingerprint density at radius 3 is 2.75 bits per heavy atom. The van der Waals surface area contributed by atoms with E-state index in [0.717, 1.165) is 25.5 Å². The second kappa shape index (κ2) is 3.85. The molecule has 3 atom stereocenters. The van der Waals surface area contributed by atoms with E-state index in [-0.39, 0.29) is 12.0 Å². The molecule has 12 heavy (non-hydrogen) atoms. The normalized spacial score (nSPS) is 36.0. The van der Waals surface area contributed by atoms with Crippen LogP contribution >= 0.6 is 0 Å². The molecule has 0 saturated heterocycles. The van der Waals surface area contributed by atoms with Gasteiger partial charge in [0, 0.05) is 5.92 Å². The molecule has 1 aliphatic rings. The molecule has 1 rings (SSSR count). The zero-order valence-corrected chi connectivity index (χ0v) is 7.49. The van der Waals surface area contributed by atoms with Gasteiger partial charge in [-0.1, -0.05) is 13.5 Å². The molecule has 0 radical (unpaired) electrons. The summed E-state index contributed by atoms with van der Waals surface area (Å²) in [6.45, 7) is 5.77. The largest absolute Gasteiger partial charge is 0.392 e. The molecule has 1 aliphatic carbocycles. The molecule has 0 spiro atoms. The minimum atomic E-state index is -0.355. The van der Waals surface area contributed by atoms with Crippen molar-refractivity contribution in [3.8, 4) is 0 Å². The van der Waals surface area contributed by atoms with E-state index in [9.17, 15) is 9.90 Å². The zero-order chi connectivity index (χ0) is 9.14. The van der Waals surface area contributed by atoms with Gasteiger partial charge in [-0.25, -0.2) is 0 Å². The third-order valence-corrected chi connectivity index (χ3v) is 2.71. The molecule has 2 nitrogen and oxygen atoms in total. The molecule has 0 unspecified atom stereocenters. The number of aliphatic hydroxyl groups is 1. The van der Waals surface area contributed by atoms with Crippen LogP contribution in [0.5, 0.6) is 0 Å². The van der Waals surface area contributed by atoms with Crippen molar-refractivity contribution in [1.29, 1.82) is 0 Å². The van der Waals surface area contributed by atoms with Crippen LogP contribution in [-0.4, -0.2) is 17.5 Å². The Morgan fingerprint density at radius 1 is 1.58 bits per heavy atom. The first kappa shape index (κ1) is 9.46. The van der Waals surface area contributed by atoms with E-state index in [1.54, 1.807) is 0 Å². The van der Waals surface area contributed by atoms with Crippen LogP contribution in [0.4, 0.5) is 0 Å². The fraction of sp³-hybridized carbons (Fsp3) is 0.700. The first-order valence-corrected chi connectivity index (χ1v) is 4.47. The molecule has 0 amide bonds. The Kier molecular flexibility index (Phi) is 3.04. The van der Waals surface area contributed by atoms with Crippen LogP contribution in [-0.2, 0) is 4.79 Å². The van der Waals surface area contributed by atoms with Crippen LogP contribution in [0.2, 0.25) is 0 Å². The maximum Gasteiger partial charge on any atom is 0.145 e. The van der Waals surface area contributed by atoms with Gasteiger partial charge >= 0.3 is 0 Å². The van der Waals surface area contributed by atoms with Crippen molar-refractivity contribution in [3.05, 3.63) is 12.2 Å². The molecule has 1 fully saturated rings. The molecule has 0 heterocycles. The third kappa shape index (κ3) is 1.95. The summed E-state index contributed by atoms with van der Waals surface area (Å²) in [4.78, 5) is 10.4. The molecule has 0 aromatic rings. The monoisotopic (exact) mass is 168 g/mol. The highest BCUT2D eigenvalue weighted by molar-refractivity contribution is 5.73. The number of carbonyl (C=O) groups excluding carboxylic acids is 1. The van der Waals surface area contributed by atoms with Gasteiger partial charge in [0.1, 0.15) is 6.29 Å². The van der Waals surface area contributed by atoms with Crippen molar-refractivity contribution >= 4 is 6.29 Å². The van der Waals surface area contributed by atoms with Crippen molar-refractivity contribution in [1.82, 2.24) is 0 Å². The Labute approximate surface area is 73.3 Å². The topological polar surface area (TPSA) is 37.3 Å². The van der Waals surface area contributed by atoms with Gasteiger partial charge in [0.25, 0.3) is 0 Å². The maximum atomic E-state index is 10.4. The highest BCUT2D eigenvalue weighted by Gasteiger charge is 2.28. The van der Waals surface area contributed by atoms with E-state index >= 15 is 0 Å². The van der Waals surface area contributed by atoms with E-state index in [1.807, 2.05) is 0 Å². The number of hydrogen-bond donors (Lipinski definition) is 1. The second-order valence-corrected chi connectivity index (χ2v) is 3.78. The van der Waals surface area contributed by atoms with Gasteiger partial charge in [0.15, 0.2) is 0 Å². The molecule has 0 aromatic carbocycles. The van der Waals surface area contributed by atoms with Crippen molar-refractivity contribution in [2.24, 2.45) is 11.8 Å². The van der Waals surface area contributed by atoms with Crippen molar-refractivity contribution in [2.75, 3.05) is 0 Å². The van der Waals surface area contributed by atoms with E-state index < -0.39 is 0 Å². The lowest BCUT2D eigenvalue weighted by atomic mass is 9.78. The first-order chi connectivity index (χ1) is 5.65. The van der Waals surface area contributed by atoms with Crippen molar-refractivity contribution in [2.45, 2.75) is 32.3 Å². The van der Waals surface area contributed by atoms with Gasteiger partial charge in [-0.2, -0.15) is 0 Å². The Morgan fingerprint density at radius 2 is 2.25 bits per heavy atom. The van der Waals surface area contributed by atoms with Gasteiger partial charge in [-0.05, 0) is 30.8 Å². The number of hydrogen-bond acceptors (Lipinski definition) is 2. The molecular formula is C10H16O2. The summed E-state index contributed by atoms with van der Waals surface area (Å²) < 4.78 is 0. The maximum absolute atomic E-state index is 10.4. The number of aliphatic hydroxyl groups excluding tert-OH is 1.